The Morgan fingerprint density at radius 3 is 2.21 bits per heavy atom. The van der Waals surface area contributed by atoms with E-state index in [4.69, 9.17) is 4.74 Å². The monoisotopic (exact) mass is 382 g/mol. The normalized spacial score (nSPS) is 11.4. The lowest BCUT2D eigenvalue weighted by atomic mass is 10.00. The Hall–Kier alpha value is -3.54. The molecule has 0 amide bonds. The number of ether oxygens (including phenoxy) is 1. The van der Waals surface area contributed by atoms with Gasteiger partial charge in [0.05, 0.1) is 5.56 Å². The number of hydrogen-bond acceptors (Lipinski definition) is 6. The van der Waals surface area contributed by atoms with Crippen molar-refractivity contribution in [3.8, 4) is 23.0 Å². The van der Waals surface area contributed by atoms with Crippen molar-refractivity contribution in [1.29, 1.82) is 0 Å². The molecule has 0 heterocycles. The van der Waals surface area contributed by atoms with Gasteiger partial charge in [0, 0.05) is 13.0 Å². The molecule has 28 heavy (non-hydrogen) atoms. The number of carbonyl (C=O) groups is 2. The molecule has 0 saturated carbocycles. The molecule has 0 aliphatic carbocycles. The zero-order chi connectivity index (χ0) is 20.8. The summed E-state index contributed by atoms with van der Waals surface area (Å²) in [5.41, 5.74) is 0.549. The van der Waals surface area contributed by atoms with E-state index in [0.717, 1.165) is 13.0 Å². The van der Waals surface area contributed by atoms with Crippen molar-refractivity contribution in [3.05, 3.63) is 59.2 Å². The van der Waals surface area contributed by atoms with Gasteiger partial charge in [-0.25, -0.2) is 0 Å². The maximum Gasteiger partial charge on any atom is 0.308 e. The van der Waals surface area contributed by atoms with Crippen LogP contribution in [0.2, 0.25) is 0 Å². The largest absolute Gasteiger partial charge is 0.508 e. The second-order valence-corrected chi connectivity index (χ2v) is 6.52. The van der Waals surface area contributed by atoms with Crippen molar-refractivity contribution in [3.63, 3.8) is 0 Å². The molecule has 2 rings (SSSR count). The average molecular weight is 382 g/mol. The van der Waals surface area contributed by atoms with E-state index in [9.17, 15) is 24.9 Å². The summed E-state index contributed by atoms with van der Waals surface area (Å²) in [7, 11) is 0. The van der Waals surface area contributed by atoms with Crippen molar-refractivity contribution in [2.45, 2.75) is 20.8 Å². The number of phenolic OH excluding ortho intramolecular Hbond substituents is 3. The number of aromatic hydroxyl groups is 3. The topological polar surface area (TPSA) is 104 Å². The van der Waals surface area contributed by atoms with Gasteiger partial charge in [-0.3, -0.25) is 9.59 Å². The van der Waals surface area contributed by atoms with Crippen molar-refractivity contribution in [2.24, 2.45) is 5.92 Å². The average Bonchev–Trinajstić information content (AvgIpc) is 2.60. The molecular weight excluding hydrogens is 360 g/mol. The van der Waals surface area contributed by atoms with Crippen LogP contribution in [0.1, 0.15) is 42.3 Å². The Morgan fingerprint density at radius 1 is 1.00 bits per heavy atom. The summed E-state index contributed by atoms with van der Waals surface area (Å²) >= 11 is 0. The van der Waals surface area contributed by atoms with Gasteiger partial charge in [0.15, 0.2) is 11.5 Å². The molecule has 2 aromatic carbocycles. The van der Waals surface area contributed by atoms with Crippen LogP contribution in [-0.4, -0.2) is 27.1 Å². The van der Waals surface area contributed by atoms with Crippen molar-refractivity contribution >= 4 is 23.9 Å². The third-order valence-corrected chi connectivity index (χ3v) is 3.74. The predicted octanol–water partition coefficient (Wildman–Crippen LogP) is 4.29. The number of phenols is 3. The maximum atomic E-state index is 12.7. The van der Waals surface area contributed by atoms with Crippen molar-refractivity contribution in [2.75, 3.05) is 0 Å². The molecule has 146 valence electrons. The molecule has 0 aliphatic rings. The Bertz CT molecular complexity index is 936. The molecule has 6 nitrogen and oxygen atoms in total. The summed E-state index contributed by atoms with van der Waals surface area (Å²) in [5.74, 6) is -2.09. The van der Waals surface area contributed by atoms with E-state index in [1.165, 1.54) is 30.4 Å². The molecular formula is C22H22O6. The number of hydrogen-bond donors (Lipinski definition) is 3. The zero-order valence-electron chi connectivity index (χ0n) is 15.8. The van der Waals surface area contributed by atoms with Gasteiger partial charge in [-0.05, 0) is 29.7 Å². The first-order chi connectivity index (χ1) is 13.2. The lowest BCUT2D eigenvalue weighted by Gasteiger charge is -2.14. The summed E-state index contributed by atoms with van der Waals surface area (Å²) < 4.78 is 5.16. The van der Waals surface area contributed by atoms with Crippen LogP contribution in [-0.2, 0) is 4.79 Å². The second-order valence-electron chi connectivity index (χ2n) is 6.52. The molecule has 0 saturated heterocycles. The summed E-state index contributed by atoms with van der Waals surface area (Å²) in [5, 5.41) is 29.7. The van der Waals surface area contributed by atoms with Crippen LogP contribution in [0.25, 0.3) is 12.2 Å². The van der Waals surface area contributed by atoms with E-state index in [1.807, 2.05) is 13.8 Å². The third-order valence-electron chi connectivity index (χ3n) is 3.74. The minimum absolute atomic E-state index is 0.0957. The van der Waals surface area contributed by atoms with Crippen LogP contribution >= 0.6 is 0 Å². The SMILES string of the molecule is CC(=O)Oc1c(C=CC(C)C)c(O)cc(O)c1C(=O)C=Cc1ccc(O)cc1. The van der Waals surface area contributed by atoms with Crippen molar-refractivity contribution < 1.29 is 29.6 Å². The molecule has 3 N–H and O–H groups in total. The molecule has 0 aromatic heterocycles. The minimum Gasteiger partial charge on any atom is -0.508 e. The van der Waals surface area contributed by atoms with Crippen LogP contribution in [0, 0.1) is 5.92 Å². The molecule has 2 aromatic rings. The van der Waals surface area contributed by atoms with Gasteiger partial charge < -0.3 is 20.1 Å². The van der Waals surface area contributed by atoms with Crippen LogP contribution in [0.3, 0.4) is 0 Å². The fourth-order valence-corrected chi connectivity index (χ4v) is 2.43. The van der Waals surface area contributed by atoms with Crippen LogP contribution in [0.15, 0.2) is 42.5 Å². The number of carbonyl (C=O) groups excluding carboxylic acids is 2. The molecule has 0 fully saturated rings. The lowest BCUT2D eigenvalue weighted by Crippen LogP contribution is -2.09. The van der Waals surface area contributed by atoms with Gasteiger partial charge in [-0.2, -0.15) is 0 Å². The molecule has 0 aliphatic heterocycles. The van der Waals surface area contributed by atoms with Crippen LogP contribution in [0.4, 0.5) is 0 Å². The molecule has 0 bridgehead atoms. The smallest absolute Gasteiger partial charge is 0.308 e. The third kappa shape index (κ3) is 5.23. The Balaban J connectivity index is 2.54. The van der Waals surface area contributed by atoms with E-state index in [1.54, 1.807) is 18.2 Å². The fraction of sp³-hybridized carbons (Fsp3) is 0.182. The highest BCUT2D eigenvalue weighted by Crippen LogP contribution is 2.40. The quantitative estimate of drug-likeness (QED) is 0.298. The van der Waals surface area contributed by atoms with Crippen LogP contribution < -0.4 is 4.74 Å². The molecule has 0 spiro atoms. The Kier molecular flexibility index (Phi) is 6.60. The fourth-order valence-electron chi connectivity index (χ4n) is 2.43. The van der Waals surface area contributed by atoms with Gasteiger partial charge in [-0.1, -0.05) is 44.2 Å². The number of ketones is 1. The molecule has 0 atom stereocenters. The van der Waals surface area contributed by atoms with E-state index >= 15 is 0 Å². The van der Waals surface area contributed by atoms with Gasteiger partial charge in [-0.15, -0.1) is 0 Å². The van der Waals surface area contributed by atoms with Crippen molar-refractivity contribution in [1.82, 2.24) is 0 Å². The summed E-state index contributed by atoms with van der Waals surface area (Å²) in [6.07, 6.45) is 6.01. The molecule has 0 radical (unpaired) electrons. The number of benzene rings is 2. The number of allylic oxidation sites excluding steroid dienone is 2. The standard InChI is InChI=1S/C22H22O6/c1-13(2)4-10-17-19(26)12-20(27)21(22(17)28-14(3)23)18(25)11-7-15-5-8-16(24)9-6-15/h4-13,24,26-27H,1-3H3. The van der Waals surface area contributed by atoms with E-state index in [-0.39, 0.29) is 34.3 Å². The Labute approximate surface area is 163 Å². The highest BCUT2D eigenvalue weighted by atomic mass is 16.5. The van der Waals surface area contributed by atoms with Crippen LogP contribution in [0.5, 0.6) is 23.0 Å². The maximum absolute atomic E-state index is 12.7. The zero-order valence-corrected chi connectivity index (χ0v) is 15.8. The molecule has 0 unspecified atom stereocenters. The lowest BCUT2D eigenvalue weighted by molar-refractivity contribution is -0.131. The molecule has 6 heteroatoms. The van der Waals surface area contributed by atoms with Gasteiger partial charge in [0.1, 0.15) is 22.8 Å². The van der Waals surface area contributed by atoms with E-state index in [2.05, 4.69) is 0 Å². The van der Waals surface area contributed by atoms with Gasteiger partial charge in [0.2, 0.25) is 0 Å². The summed E-state index contributed by atoms with van der Waals surface area (Å²) in [4.78, 5) is 24.3. The predicted molar refractivity (Wildman–Crippen MR) is 106 cm³/mol. The highest BCUT2D eigenvalue weighted by Gasteiger charge is 2.23. The first-order valence-corrected chi connectivity index (χ1v) is 8.66. The van der Waals surface area contributed by atoms with Gasteiger partial charge in [0.25, 0.3) is 0 Å². The first kappa shape index (κ1) is 20.8. The number of esters is 1. The van der Waals surface area contributed by atoms with E-state index < -0.39 is 17.5 Å². The summed E-state index contributed by atoms with van der Waals surface area (Å²) in [6, 6.07) is 7.20. The summed E-state index contributed by atoms with van der Waals surface area (Å²) in [6.45, 7) is 5.01. The minimum atomic E-state index is -0.694. The second kappa shape index (κ2) is 8.90. The van der Waals surface area contributed by atoms with E-state index in [0.29, 0.717) is 5.56 Å². The number of rotatable bonds is 6. The Morgan fingerprint density at radius 2 is 1.64 bits per heavy atom. The first-order valence-electron chi connectivity index (χ1n) is 8.66. The van der Waals surface area contributed by atoms with Gasteiger partial charge >= 0.3 is 5.97 Å². The highest BCUT2D eigenvalue weighted by molar-refractivity contribution is 6.11.